The van der Waals surface area contributed by atoms with Gasteiger partial charge < -0.3 is 54.2 Å². The molecule has 1 rings (SSSR count). The van der Waals surface area contributed by atoms with Crippen molar-refractivity contribution in [1.29, 1.82) is 0 Å². The number of carboxylic acids is 1. The summed E-state index contributed by atoms with van der Waals surface area (Å²) in [5.74, 6) is -4.97. The predicted molar refractivity (Wildman–Crippen MR) is 143 cm³/mol. The lowest BCUT2D eigenvalue weighted by Crippen LogP contribution is -2.60. The number of nitrogens with one attached hydrogen (secondary N) is 3. The molecule has 0 radical (unpaired) electrons. The van der Waals surface area contributed by atoms with Crippen molar-refractivity contribution in [1.82, 2.24) is 16.0 Å². The number of aromatic hydroxyl groups is 1. The Morgan fingerprint density at radius 1 is 0.900 bits per heavy atom. The van der Waals surface area contributed by atoms with E-state index in [0.717, 1.165) is 0 Å². The second kappa shape index (κ2) is 16.5. The minimum Gasteiger partial charge on any atom is -0.508 e. The van der Waals surface area contributed by atoms with Gasteiger partial charge >= 0.3 is 5.97 Å². The van der Waals surface area contributed by atoms with Crippen molar-refractivity contribution in [3.05, 3.63) is 29.8 Å². The third kappa shape index (κ3) is 12.4. The molecule has 0 bridgehead atoms. The standard InChI is InChI=1S/C24H38N8O8/c1-12(33)19(32-20(36)15(25)3-2-10-29-24(27)28)22(38)30-16(8-9-18(26)35)21(37)31-17(23(39)40)11-13-4-6-14(34)7-5-13/h4-7,12,15-17,19,33-34H,2-3,8-11,25H2,1H3,(H2,26,35)(H,30,38)(H,31,37)(H,32,36)(H,39,40)(H4,27,28,29)/t12-,15+,16+,17+,19+/m1/s1. The van der Waals surface area contributed by atoms with Crippen molar-refractivity contribution in [2.45, 2.75) is 69.3 Å². The van der Waals surface area contributed by atoms with E-state index >= 15 is 0 Å². The van der Waals surface area contributed by atoms with E-state index in [1.165, 1.54) is 31.2 Å². The predicted octanol–water partition coefficient (Wildman–Crippen LogP) is -3.50. The average molecular weight is 567 g/mol. The van der Waals surface area contributed by atoms with Gasteiger partial charge in [-0.1, -0.05) is 12.1 Å². The largest absolute Gasteiger partial charge is 0.508 e. The molecule has 0 aliphatic rings. The number of amides is 4. The minimum atomic E-state index is -1.53. The molecule has 0 saturated carbocycles. The number of hydrogen-bond donors (Lipinski definition) is 10. The zero-order valence-corrected chi connectivity index (χ0v) is 22.1. The number of phenolic OH excluding ortho intramolecular Hbond substituents is 1. The Morgan fingerprint density at radius 3 is 2.02 bits per heavy atom. The molecule has 0 spiro atoms. The number of nitrogens with two attached hydrogens (primary N) is 4. The van der Waals surface area contributed by atoms with Gasteiger partial charge in [-0.3, -0.25) is 24.2 Å². The number of carboxylic acid groups (broad SMARTS) is 1. The Hall–Kier alpha value is -4.44. The highest BCUT2D eigenvalue weighted by Gasteiger charge is 2.32. The van der Waals surface area contributed by atoms with E-state index in [1.54, 1.807) is 0 Å². The molecule has 4 amide bonds. The Labute approximate surface area is 230 Å². The summed E-state index contributed by atoms with van der Waals surface area (Å²) in [4.78, 5) is 65.4. The van der Waals surface area contributed by atoms with E-state index in [4.69, 9.17) is 22.9 Å². The van der Waals surface area contributed by atoms with Gasteiger partial charge in [-0.15, -0.1) is 0 Å². The van der Waals surface area contributed by atoms with Crippen LogP contribution in [-0.2, 0) is 30.4 Å². The van der Waals surface area contributed by atoms with E-state index in [0.29, 0.717) is 12.0 Å². The van der Waals surface area contributed by atoms with Crippen molar-refractivity contribution in [2.75, 3.05) is 6.54 Å². The fraction of sp³-hybridized carbons (Fsp3) is 0.500. The van der Waals surface area contributed by atoms with E-state index in [1.807, 2.05) is 0 Å². The number of phenols is 1. The Balaban J connectivity index is 2.95. The summed E-state index contributed by atoms with van der Waals surface area (Å²) in [7, 11) is 0. The zero-order valence-electron chi connectivity index (χ0n) is 22.1. The third-order valence-corrected chi connectivity index (χ3v) is 5.67. The van der Waals surface area contributed by atoms with Gasteiger partial charge in [-0.05, 0) is 43.9 Å². The highest BCUT2D eigenvalue weighted by Crippen LogP contribution is 2.12. The number of primary amides is 1. The first-order valence-electron chi connectivity index (χ1n) is 12.4. The Bertz CT molecular complexity index is 1060. The first-order chi connectivity index (χ1) is 18.7. The Kier molecular flexibility index (Phi) is 13.9. The van der Waals surface area contributed by atoms with Gasteiger partial charge in [0.2, 0.25) is 23.6 Å². The van der Waals surface area contributed by atoms with E-state index < -0.39 is 59.9 Å². The number of rotatable bonds is 17. The van der Waals surface area contributed by atoms with Gasteiger partial charge in [0.15, 0.2) is 5.96 Å². The van der Waals surface area contributed by atoms with Gasteiger partial charge in [0, 0.05) is 19.4 Å². The normalized spacial score (nSPS) is 14.5. The molecular weight excluding hydrogens is 528 g/mol. The lowest BCUT2D eigenvalue weighted by Gasteiger charge is -2.26. The molecule has 0 unspecified atom stereocenters. The van der Waals surface area contributed by atoms with Crippen LogP contribution in [0.15, 0.2) is 29.3 Å². The molecule has 222 valence electrons. The maximum Gasteiger partial charge on any atom is 0.326 e. The second-order valence-electron chi connectivity index (χ2n) is 9.12. The molecule has 5 atom stereocenters. The smallest absolute Gasteiger partial charge is 0.326 e. The minimum absolute atomic E-state index is 0.0273. The number of aliphatic carboxylic acids is 1. The van der Waals surface area contributed by atoms with Crippen molar-refractivity contribution >= 4 is 35.6 Å². The second-order valence-corrected chi connectivity index (χ2v) is 9.12. The Morgan fingerprint density at radius 2 is 1.50 bits per heavy atom. The number of guanidine groups is 1. The number of hydrogen-bond acceptors (Lipinski definition) is 9. The quantitative estimate of drug-likeness (QED) is 0.0501. The van der Waals surface area contributed by atoms with Crippen molar-refractivity contribution in [3.8, 4) is 5.75 Å². The van der Waals surface area contributed by atoms with Crippen LogP contribution in [0.1, 0.15) is 38.2 Å². The van der Waals surface area contributed by atoms with Crippen molar-refractivity contribution in [3.63, 3.8) is 0 Å². The molecule has 0 aliphatic carbocycles. The fourth-order valence-electron chi connectivity index (χ4n) is 3.47. The molecule has 1 aromatic rings. The molecule has 16 heteroatoms. The first kappa shape index (κ1) is 33.6. The monoisotopic (exact) mass is 566 g/mol. The fourth-order valence-corrected chi connectivity index (χ4v) is 3.47. The summed E-state index contributed by atoms with van der Waals surface area (Å²) in [6.07, 6.45) is -1.66. The number of benzene rings is 1. The summed E-state index contributed by atoms with van der Waals surface area (Å²) >= 11 is 0. The molecular formula is C24H38N8O8. The molecule has 0 aliphatic heterocycles. The van der Waals surface area contributed by atoms with Crippen LogP contribution in [0.4, 0.5) is 0 Å². The van der Waals surface area contributed by atoms with Crippen LogP contribution in [0.25, 0.3) is 0 Å². The van der Waals surface area contributed by atoms with Gasteiger partial charge in [-0.25, -0.2) is 4.79 Å². The topological polar surface area (TPSA) is 299 Å². The van der Waals surface area contributed by atoms with Gasteiger partial charge in [0.25, 0.3) is 0 Å². The van der Waals surface area contributed by atoms with E-state index in [9.17, 15) is 39.3 Å². The molecule has 0 aromatic heterocycles. The van der Waals surface area contributed by atoms with E-state index in [-0.39, 0.29) is 43.9 Å². The molecule has 0 saturated heterocycles. The number of carbonyl (C=O) groups excluding carboxylic acids is 4. The van der Waals surface area contributed by atoms with Crippen molar-refractivity contribution < 1.29 is 39.3 Å². The van der Waals surface area contributed by atoms with Crippen LogP contribution in [0, 0.1) is 0 Å². The molecule has 14 N–H and O–H groups in total. The summed E-state index contributed by atoms with van der Waals surface area (Å²) in [6.45, 7) is 1.45. The summed E-state index contributed by atoms with van der Waals surface area (Å²) < 4.78 is 0. The molecule has 16 nitrogen and oxygen atoms in total. The SMILES string of the molecule is C[C@@H](O)[C@H](NC(=O)[C@@H](N)CCCN=C(N)N)C(=O)N[C@@H](CCC(N)=O)C(=O)N[C@@H](Cc1ccc(O)cc1)C(=O)O. The van der Waals surface area contributed by atoms with Gasteiger partial charge in [0.05, 0.1) is 12.1 Å². The van der Waals surface area contributed by atoms with Gasteiger partial charge in [-0.2, -0.15) is 0 Å². The molecule has 0 fully saturated rings. The summed E-state index contributed by atoms with van der Waals surface area (Å²) in [6, 6.07) is 0.207. The summed E-state index contributed by atoms with van der Waals surface area (Å²) in [5.41, 5.74) is 22.0. The van der Waals surface area contributed by atoms with Crippen molar-refractivity contribution in [2.24, 2.45) is 27.9 Å². The zero-order chi connectivity index (χ0) is 30.4. The number of aliphatic hydroxyl groups excluding tert-OH is 1. The summed E-state index contributed by atoms with van der Waals surface area (Å²) in [5, 5.41) is 36.1. The number of carbonyl (C=O) groups is 5. The van der Waals surface area contributed by atoms with Crippen LogP contribution in [0.3, 0.4) is 0 Å². The molecule has 0 heterocycles. The van der Waals surface area contributed by atoms with Crippen LogP contribution in [0.2, 0.25) is 0 Å². The molecule has 40 heavy (non-hydrogen) atoms. The highest BCUT2D eigenvalue weighted by atomic mass is 16.4. The lowest BCUT2D eigenvalue weighted by atomic mass is 10.0. The van der Waals surface area contributed by atoms with Crippen LogP contribution >= 0.6 is 0 Å². The average Bonchev–Trinajstić information content (AvgIpc) is 2.87. The first-order valence-corrected chi connectivity index (χ1v) is 12.4. The molecule has 1 aromatic carbocycles. The van der Waals surface area contributed by atoms with Crippen LogP contribution in [-0.4, -0.2) is 87.7 Å². The third-order valence-electron chi connectivity index (χ3n) is 5.67. The lowest BCUT2D eigenvalue weighted by molar-refractivity contribution is -0.142. The van der Waals surface area contributed by atoms with Gasteiger partial charge in [0.1, 0.15) is 23.9 Å². The number of aliphatic hydroxyl groups is 1. The van der Waals surface area contributed by atoms with Crippen LogP contribution < -0.4 is 38.9 Å². The number of nitrogens with zero attached hydrogens (tertiary/aromatic N) is 1. The van der Waals surface area contributed by atoms with Crippen LogP contribution in [0.5, 0.6) is 5.75 Å². The number of aliphatic imine (C=N–C) groups is 1. The maximum absolute atomic E-state index is 13.0. The maximum atomic E-state index is 13.0. The highest BCUT2D eigenvalue weighted by molar-refractivity contribution is 5.94. The van der Waals surface area contributed by atoms with E-state index in [2.05, 4.69) is 20.9 Å².